The first-order valence-corrected chi connectivity index (χ1v) is 6.16. The minimum Gasteiger partial charge on any atom is -0.507 e. The Morgan fingerprint density at radius 3 is 3.00 bits per heavy atom. The van der Waals surface area contributed by atoms with Gasteiger partial charge in [-0.1, -0.05) is 15.9 Å². The van der Waals surface area contributed by atoms with Gasteiger partial charge in [0.1, 0.15) is 5.75 Å². The lowest BCUT2D eigenvalue weighted by atomic mass is 10.1. The summed E-state index contributed by atoms with van der Waals surface area (Å²) in [5.74, 6) is 0.257. The Balaban J connectivity index is 2.87. The largest absolute Gasteiger partial charge is 0.507 e. The van der Waals surface area contributed by atoms with E-state index in [9.17, 15) is 5.11 Å². The van der Waals surface area contributed by atoms with Crippen LogP contribution in [0.2, 0.25) is 0 Å². The molecule has 0 saturated carbocycles. The molecule has 0 unspecified atom stereocenters. The van der Waals surface area contributed by atoms with Crippen molar-refractivity contribution in [3.63, 3.8) is 0 Å². The van der Waals surface area contributed by atoms with E-state index in [0.717, 1.165) is 10.3 Å². The van der Waals surface area contributed by atoms with Gasteiger partial charge in [0.25, 0.3) is 0 Å². The van der Waals surface area contributed by atoms with Crippen LogP contribution in [0.3, 0.4) is 0 Å². The van der Waals surface area contributed by atoms with Crippen molar-refractivity contribution < 1.29 is 5.11 Å². The molecule has 0 atom stereocenters. The molecule has 0 aliphatic heterocycles. The lowest BCUT2D eigenvalue weighted by Gasteiger charge is -2.05. The highest BCUT2D eigenvalue weighted by molar-refractivity contribution is 9.08. The summed E-state index contributed by atoms with van der Waals surface area (Å²) >= 11 is 9.28. The van der Waals surface area contributed by atoms with Crippen molar-refractivity contribution in [2.45, 2.75) is 10.2 Å². The standard InChI is InChI=1S/C9H7BrOS2/c10-4-6-5-1-2-13-8(5)3-7(11)9(6)12/h1-3,11-12H,4H2. The van der Waals surface area contributed by atoms with Gasteiger partial charge in [-0.3, -0.25) is 0 Å². The van der Waals surface area contributed by atoms with Crippen LogP contribution in [0, 0.1) is 0 Å². The molecule has 1 aromatic carbocycles. The van der Waals surface area contributed by atoms with Crippen LogP contribution in [0.1, 0.15) is 5.56 Å². The number of hydrogen-bond donors (Lipinski definition) is 2. The second-order valence-electron chi connectivity index (χ2n) is 2.69. The van der Waals surface area contributed by atoms with Crippen LogP contribution in [0.25, 0.3) is 10.1 Å². The smallest absolute Gasteiger partial charge is 0.130 e. The van der Waals surface area contributed by atoms with E-state index in [1.807, 2.05) is 5.38 Å². The quantitative estimate of drug-likeness (QED) is 0.599. The highest BCUT2D eigenvalue weighted by Gasteiger charge is 2.09. The van der Waals surface area contributed by atoms with E-state index in [2.05, 4.69) is 34.6 Å². The third-order valence-electron chi connectivity index (χ3n) is 1.95. The van der Waals surface area contributed by atoms with E-state index >= 15 is 0 Å². The number of thiophene rings is 1. The van der Waals surface area contributed by atoms with E-state index in [1.54, 1.807) is 17.4 Å². The maximum atomic E-state index is 9.56. The summed E-state index contributed by atoms with van der Waals surface area (Å²) in [6.45, 7) is 0. The molecule has 1 heterocycles. The first kappa shape index (κ1) is 9.37. The summed E-state index contributed by atoms with van der Waals surface area (Å²) in [7, 11) is 0. The van der Waals surface area contributed by atoms with Gasteiger partial charge >= 0.3 is 0 Å². The molecule has 1 N–H and O–H groups in total. The van der Waals surface area contributed by atoms with Crippen molar-refractivity contribution in [2.24, 2.45) is 0 Å². The molecule has 0 aliphatic carbocycles. The molecule has 0 amide bonds. The molecule has 0 saturated heterocycles. The van der Waals surface area contributed by atoms with Gasteiger partial charge in [-0.25, -0.2) is 0 Å². The number of fused-ring (bicyclic) bond motifs is 1. The van der Waals surface area contributed by atoms with Gasteiger partial charge in [0.05, 0.1) is 4.90 Å². The summed E-state index contributed by atoms with van der Waals surface area (Å²) in [6, 6.07) is 3.81. The van der Waals surface area contributed by atoms with Crippen LogP contribution in [0.15, 0.2) is 22.4 Å². The molecule has 0 radical (unpaired) electrons. The average Bonchev–Trinajstić information content (AvgIpc) is 2.54. The third kappa shape index (κ3) is 1.47. The van der Waals surface area contributed by atoms with Gasteiger partial charge in [-0.2, -0.15) is 0 Å². The molecule has 13 heavy (non-hydrogen) atoms. The molecule has 2 aromatic rings. The SMILES string of the molecule is Oc1cc2sccc2c(CBr)c1S. The zero-order valence-corrected chi connectivity index (χ0v) is 9.92. The molecule has 0 spiro atoms. The van der Waals surface area contributed by atoms with Gasteiger partial charge in [-0.15, -0.1) is 24.0 Å². The lowest BCUT2D eigenvalue weighted by molar-refractivity contribution is 0.463. The summed E-state index contributed by atoms with van der Waals surface area (Å²) in [6.07, 6.45) is 0. The van der Waals surface area contributed by atoms with Crippen LogP contribution in [-0.2, 0) is 5.33 Å². The van der Waals surface area contributed by atoms with Gasteiger partial charge < -0.3 is 5.11 Å². The van der Waals surface area contributed by atoms with Crippen molar-refractivity contribution >= 4 is 50.0 Å². The van der Waals surface area contributed by atoms with E-state index in [-0.39, 0.29) is 5.75 Å². The van der Waals surface area contributed by atoms with Crippen LogP contribution in [-0.4, -0.2) is 5.11 Å². The number of alkyl halides is 1. The van der Waals surface area contributed by atoms with Crippen molar-refractivity contribution in [3.05, 3.63) is 23.1 Å². The fourth-order valence-electron chi connectivity index (χ4n) is 1.29. The number of rotatable bonds is 1. The molecule has 1 nitrogen and oxygen atoms in total. The maximum Gasteiger partial charge on any atom is 0.130 e. The van der Waals surface area contributed by atoms with Crippen LogP contribution >= 0.6 is 39.9 Å². The molecule has 0 bridgehead atoms. The van der Waals surface area contributed by atoms with Gasteiger partial charge in [0.15, 0.2) is 0 Å². The summed E-state index contributed by atoms with van der Waals surface area (Å²) in [4.78, 5) is 0.669. The van der Waals surface area contributed by atoms with E-state index in [1.165, 1.54) is 5.39 Å². The number of benzene rings is 1. The number of thiol groups is 1. The molecule has 0 aliphatic rings. The lowest BCUT2D eigenvalue weighted by Crippen LogP contribution is -1.82. The second kappa shape index (κ2) is 3.52. The second-order valence-corrected chi connectivity index (χ2v) is 4.64. The Morgan fingerprint density at radius 1 is 1.54 bits per heavy atom. The minimum absolute atomic E-state index is 0.257. The molecule has 2 rings (SSSR count). The Bertz CT molecular complexity index is 450. The first-order valence-electron chi connectivity index (χ1n) is 3.71. The Morgan fingerprint density at radius 2 is 2.31 bits per heavy atom. The van der Waals surface area contributed by atoms with Crippen molar-refractivity contribution in [1.29, 1.82) is 0 Å². The zero-order valence-electron chi connectivity index (χ0n) is 6.62. The highest BCUT2D eigenvalue weighted by Crippen LogP contribution is 2.36. The van der Waals surface area contributed by atoms with Gasteiger partial charge in [0.2, 0.25) is 0 Å². The zero-order chi connectivity index (χ0) is 9.42. The molecule has 1 aromatic heterocycles. The van der Waals surface area contributed by atoms with Crippen LogP contribution in [0.4, 0.5) is 0 Å². The summed E-state index contributed by atoms with van der Waals surface area (Å²) in [5.41, 5.74) is 1.06. The first-order chi connectivity index (χ1) is 6.24. The van der Waals surface area contributed by atoms with Crippen molar-refractivity contribution in [1.82, 2.24) is 0 Å². The fraction of sp³-hybridized carbons (Fsp3) is 0.111. The number of phenolic OH excluding ortho intramolecular Hbond substituents is 1. The predicted molar refractivity (Wildman–Crippen MR) is 63.4 cm³/mol. The number of phenols is 1. The average molecular weight is 275 g/mol. The molecule has 4 heteroatoms. The van der Waals surface area contributed by atoms with Gasteiger partial charge in [0, 0.05) is 10.0 Å². The maximum absolute atomic E-state index is 9.56. The molecular formula is C9H7BrOS2. The molecule has 0 fully saturated rings. The van der Waals surface area contributed by atoms with Crippen molar-refractivity contribution in [2.75, 3.05) is 0 Å². The fourth-order valence-corrected chi connectivity index (χ4v) is 3.20. The molecular weight excluding hydrogens is 268 g/mol. The summed E-state index contributed by atoms with van der Waals surface area (Å²) in [5, 5.41) is 13.5. The molecule has 68 valence electrons. The van der Waals surface area contributed by atoms with E-state index < -0.39 is 0 Å². The predicted octanol–water partition coefficient (Wildman–Crippen LogP) is 3.79. The number of halogens is 1. The van der Waals surface area contributed by atoms with E-state index in [0.29, 0.717) is 10.2 Å². The number of aromatic hydroxyl groups is 1. The Labute approximate surface area is 93.9 Å². The highest BCUT2D eigenvalue weighted by atomic mass is 79.9. The third-order valence-corrected chi connectivity index (χ3v) is 3.87. The van der Waals surface area contributed by atoms with Crippen molar-refractivity contribution in [3.8, 4) is 5.75 Å². The minimum atomic E-state index is 0.257. The normalized spacial score (nSPS) is 10.9. The summed E-state index contributed by atoms with van der Waals surface area (Å²) < 4.78 is 1.10. The van der Waals surface area contributed by atoms with Crippen LogP contribution < -0.4 is 0 Å². The Hall–Kier alpha value is -0.190. The van der Waals surface area contributed by atoms with Crippen LogP contribution in [0.5, 0.6) is 5.75 Å². The van der Waals surface area contributed by atoms with E-state index in [4.69, 9.17) is 0 Å². The Kier molecular flexibility index (Phi) is 2.53. The van der Waals surface area contributed by atoms with Gasteiger partial charge in [-0.05, 0) is 28.5 Å². The monoisotopic (exact) mass is 274 g/mol. The topological polar surface area (TPSA) is 20.2 Å². The number of hydrogen-bond acceptors (Lipinski definition) is 3.